The lowest BCUT2D eigenvalue weighted by Gasteiger charge is -2.37. The van der Waals surface area contributed by atoms with Gasteiger partial charge in [-0.15, -0.1) is 0 Å². The zero-order valence-electron chi connectivity index (χ0n) is 17.9. The van der Waals surface area contributed by atoms with Gasteiger partial charge in [0.15, 0.2) is 0 Å². The molecule has 1 fully saturated rings. The van der Waals surface area contributed by atoms with Crippen LogP contribution in [0.4, 0.5) is 0 Å². The molecular formula is C23H44O5. The molecular weight excluding hydrogens is 356 g/mol. The second kappa shape index (κ2) is 17.4. The predicted octanol–water partition coefficient (Wildman–Crippen LogP) is 4.13. The third kappa shape index (κ3) is 11.5. The summed E-state index contributed by atoms with van der Waals surface area (Å²) in [5, 5.41) is 29.0. The molecule has 5 nitrogen and oxygen atoms in total. The Morgan fingerprint density at radius 1 is 0.857 bits per heavy atom. The Bertz CT molecular complexity index is 372. The topological polar surface area (TPSA) is 79.2 Å². The fourth-order valence-electron chi connectivity index (χ4n) is 3.60. The molecule has 5 heteroatoms. The molecule has 0 unspecified atom stereocenters. The largest absolute Gasteiger partial charge is 0.394 e. The maximum atomic E-state index is 9.99. The van der Waals surface area contributed by atoms with Crippen LogP contribution in [0.15, 0.2) is 12.2 Å². The fraction of sp³-hybridized carbons (Fsp3) is 0.913. The van der Waals surface area contributed by atoms with E-state index < -0.39 is 24.4 Å². The number of unbranched alkanes of at least 4 members (excludes halogenated alkanes) is 11. The van der Waals surface area contributed by atoms with Gasteiger partial charge < -0.3 is 24.8 Å². The SMILES string of the molecule is CCCC/C=C/CCCCCCCCCCCO[C@@H]1[C@@H](O)[C@H](O)CO[C@H]1CO. The summed E-state index contributed by atoms with van der Waals surface area (Å²) >= 11 is 0. The van der Waals surface area contributed by atoms with E-state index in [0.29, 0.717) is 6.61 Å². The first-order chi connectivity index (χ1) is 13.7. The van der Waals surface area contributed by atoms with E-state index in [9.17, 15) is 15.3 Å². The first kappa shape index (κ1) is 25.6. The molecule has 28 heavy (non-hydrogen) atoms. The fourth-order valence-corrected chi connectivity index (χ4v) is 3.60. The molecule has 1 saturated heterocycles. The second-order valence-electron chi connectivity index (χ2n) is 8.03. The average Bonchev–Trinajstić information content (AvgIpc) is 2.70. The highest BCUT2D eigenvalue weighted by Crippen LogP contribution is 2.19. The van der Waals surface area contributed by atoms with Crippen LogP contribution < -0.4 is 0 Å². The molecule has 1 rings (SSSR count). The minimum atomic E-state index is -0.988. The van der Waals surface area contributed by atoms with Crippen LogP contribution in [0.5, 0.6) is 0 Å². The summed E-state index contributed by atoms with van der Waals surface area (Å²) in [5.41, 5.74) is 0. The lowest BCUT2D eigenvalue weighted by atomic mass is 10.0. The van der Waals surface area contributed by atoms with Crippen LogP contribution in [-0.4, -0.2) is 59.6 Å². The Morgan fingerprint density at radius 3 is 2.04 bits per heavy atom. The van der Waals surface area contributed by atoms with Crippen LogP contribution in [0.25, 0.3) is 0 Å². The summed E-state index contributed by atoms with van der Waals surface area (Å²) < 4.78 is 11.0. The number of aliphatic hydroxyl groups is 3. The first-order valence-corrected chi connectivity index (χ1v) is 11.6. The van der Waals surface area contributed by atoms with Gasteiger partial charge in [-0.2, -0.15) is 0 Å². The van der Waals surface area contributed by atoms with Crippen molar-refractivity contribution in [1.29, 1.82) is 0 Å². The van der Waals surface area contributed by atoms with Crippen LogP contribution in [0.1, 0.15) is 90.4 Å². The van der Waals surface area contributed by atoms with E-state index in [4.69, 9.17) is 9.47 Å². The maximum absolute atomic E-state index is 9.99. The third-order valence-electron chi connectivity index (χ3n) is 5.47. The predicted molar refractivity (Wildman–Crippen MR) is 113 cm³/mol. The summed E-state index contributed by atoms with van der Waals surface area (Å²) in [6.07, 6.45) is 17.8. The highest BCUT2D eigenvalue weighted by atomic mass is 16.6. The number of rotatable bonds is 17. The molecule has 1 heterocycles. The lowest BCUT2D eigenvalue weighted by molar-refractivity contribution is -0.211. The van der Waals surface area contributed by atoms with Crippen molar-refractivity contribution in [1.82, 2.24) is 0 Å². The van der Waals surface area contributed by atoms with Crippen molar-refractivity contribution in [3.8, 4) is 0 Å². The second-order valence-corrected chi connectivity index (χ2v) is 8.03. The molecule has 0 aliphatic carbocycles. The Balaban J connectivity index is 1.88. The van der Waals surface area contributed by atoms with Crippen molar-refractivity contribution in [2.75, 3.05) is 19.8 Å². The van der Waals surface area contributed by atoms with E-state index in [-0.39, 0.29) is 13.2 Å². The van der Waals surface area contributed by atoms with Gasteiger partial charge in [0.05, 0.1) is 13.2 Å². The van der Waals surface area contributed by atoms with Crippen molar-refractivity contribution in [2.24, 2.45) is 0 Å². The molecule has 0 amide bonds. The van der Waals surface area contributed by atoms with Crippen LogP contribution >= 0.6 is 0 Å². The normalized spacial score (nSPS) is 25.6. The minimum Gasteiger partial charge on any atom is -0.394 e. The smallest absolute Gasteiger partial charge is 0.114 e. The van der Waals surface area contributed by atoms with Crippen molar-refractivity contribution in [3.05, 3.63) is 12.2 Å². The number of hydrogen-bond acceptors (Lipinski definition) is 5. The van der Waals surface area contributed by atoms with Gasteiger partial charge in [-0.05, 0) is 25.7 Å². The van der Waals surface area contributed by atoms with Gasteiger partial charge in [-0.1, -0.05) is 76.9 Å². The Kier molecular flexibility index (Phi) is 15.9. The van der Waals surface area contributed by atoms with E-state index in [1.54, 1.807) is 0 Å². The molecule has 0 bridgehead atoms. The molecule has 0 aromatic rings. The van der Waals surface area contributed by atoms with Crippen molar-refractivity contribution < 1.29 is 24.8 Å². The number of aliphatic hydroxyl groups excluding tert-OH is 3. The molecule has 4 atom stereocenters. The Labute approximate surface area is 172 Å². The van der Waals surface area contributed by atoms with Crippen molar-refractivity contribution in [3.63, 3.8) is 0 Å². The molecule has 0 aromatic heterocycles. The summed E-state index contributed by atoms with van der Waals surface area (Å²) in [6, 6.07) is 0. The zero-order chi connectivity index (χ0) is 20.5. The highest BCUT2D eigenvalue weighted by molar-refractivity contribution is 4.87. The summed E-state index contributed by atoms with van der Waals surface area (Å²) in [5.74, 6) is 0. The summed E-state index contributed by atoms with van der Waals surface area (Å²) in [4.78, 5) is 0. The van der Waals surface area contributed by atoms with Crippen LogP contribution in [0.3, 0.4) is 0 Å². The number of hydrogen-bond donors (Lipinski definition) is 3. The van der Waals surface area contributed by atoms with Gasteiger partial charge in [0, 0.05) is 6.61 Å². The molecule has 0 aromatic carbocycles. The minimum absolute atomic E-state index is 0.0436. The molecule has 3 N–H and O–H groups in total. The van der Waals surface area contributed by atoms with E-state index >= 15 is 0 Å². The molecule has 166 valence electrons. The van der Waals surface area contributed by atoms with E-state index in [2.05, 4.69) is 19.1 Å². The van der Waals surface area contributed by atoms with E-state index in [1.807, 2.05) is 0 Å². The summed E-state index contributed by atoms with van der Waals surface area (Å²) in [7, 11) is 0. The zero-order valence-corrected chi connectivity index (χ0v) is 17.9. The lowest BCUT2D eigenvalue weighted by Crippen LogP contribution is -2.55. The van der Waals surface area contributed by atoms with Crippen LogP contribution in [-0.2, 0) is 9.47 Å². The third-order valence-corrected chi connectivity index (χ3v) is 5.47. The Hall–Kier alpha value is -0.460. The van der Waals surface area contributed by atoms with E-state index in [0.717, 1.165) is 12.8 Å². The Morgan fingerprint density at radius 2 is 1.43 bits per heavy atom. The van der Waals surface area contributed by atoms with Gasteiger partial charge in [-0.3, -0.25) is 0 Å². The van der Waals surface area contributed by atoms with Gasteiger partial charge in [0.1, 0.15) is 24.4 Å². The van der Waals surface area contributed by atoms with Crippen molar-refractivity contribution in [2.45, 2.75) is 115 Å². The van der Waals surface area contributed by atoms with Crippen LogP contribution in [0, 0.1) is 0 Å². The quantitative estimate of drug-likeness (QED) is 0.253. The number of allylic oxidation sites excluding steroid dienone is 2. The monoisotopic (exact) mass is 400 g/mol. The first-order valence-electron chi connectivity index (χ1n) is 11.6. The highest BCUT2D eigenvalue weighted by Gasteiger charge is 2.39. The standard InChI is InChI=1S/C23H44O5/c1-2-3-4-5-6-7-8-9-10-11-12-13-14-15-16-17-27-23-21(18-24)28-19-20(25)22(23)26/h5-6,20-26H,2-4,7-19H2,1H3/b6-5+/t20-,21+,22+,23+/m1/s1. The average molecular weight is 401 g/mol. The van der Waals surface area contributed by atoms with Gasteiger partial charge in [-0.25, -0.2) is 0 Å². The van der Waals surface area contributed by atoms with Gasteiger partial charge in [0.25, 0.3) is 0 Å². The molecule has 1 aliphatic rings. The molecule has 0 saturated carbocycles. The molecule has 1 aliphatic heterocycles. The van der Waals surface area contributed by atoms with Crippen molar-refractivity contribution >= 4 is 0 Å². The van der Waals surface area contributed by atoms with Gasteiger partial charge >= 0.3 is 0 Å². The molecule has 0 radical (unpaired) electrons. The molecule has 0 spiro atoms. The maximum Gasteiger partial charge on any atom is 0.114 e. The number of ether oxygens (including phenoxy) is 2. The summed E-state index contributed by atoms with van der Waals surface area (Å²) in [6.45, 7) is 2.60. The van der Waals surface area contributed by atoms with Crippen LogP contribution in [0.2, 0.25) is 0 Å². The van der Waals surface area contributed by atoms with Gasteiger partial charge in [0.2, 0.25) is 0 Å². The van der Waals surface area contributed by atoms with E-state index in [1.165, 1.54) is 70.6 Å².